The fraction of sp³-hybridized carbons (Fsp3) is 0.0385. The Hall–Kier alpha value is -3.57. The van der Waals surface area contributed by atoms with Crippen molar-refractivity contribution in [2.75, 3.05) is 0 Å². The van der Waals surface area contributed by atoms with Crippen LogP contribution in [0.3, 0.4) is 0 Å². The van der Waals surface area contributed by atoms with Gasteiger partial charge in [-0.2, -0.15) is 0 Å². The molecule has 0 saturated carbocycles. The van der Waals surface area contributed by atoms with Gasteiger partial charge in [0.1, 0.15) is 0 Å². The Morgan fingerprint density at radius 1 is 0.613 bits per heavy atom. The SMILES string of the molecule is Brc1cccc(-c2nnn(C(c3ccccc3)(c3ccccc3)c3ccccc3)n2)c1. The van der Waals surface area contributed by atoms with Crippen LogP contribution in [-0.4, -0.2) is 20.2 Å². The zero-order valence-corrected chi connectivity index (χ0v) is 18.2. The molecule has 4 aromatic carbocycles. The average Bonchev–Trinajstić information content (AvgIpc) is 3.32. The molecular formula is C26H19BrN4. The molecule has 0 spiro atoms. The van der Waals surface area contributed by atoms with Crippen LogP contribution in [0.2, 0.25) is 0 Å². The third kappa shape index (κ3) is 3.47. The summed E-state index contributed by atoms with van der Waals surface area (Å²) in [6.07, 6.45) is 0. The number of halogens is 1. The lowest BCUT2D eigenvalue weighted by Crippen LogP contribution is -2.39. The zero-order valence-electron chi connectivity index (χ0n) is 16.6. The van der Waals surface area contributed by atoms with E-state index in [1.165, 1.54) is 0 Å². The first-order chi connectivity index (χ1) is 15.3. The van der Waals surface area contributed by atoms with E-state index in [4.69, 9.17) is 5.10 Å². The number of hydrogen-bond donors (Lipinski definition) is 0. The summed E-state index contributed by atoms with van der Waals surface area (Å²) in [7, 11) is 0. The number of hydrogen-bond acceptors (Lipinski definition) is 3. The van der Waals surface area contributed by atoms with E-state index in [2.05, 4.69) is 62.6 Å². The highest BCUT2D eigenvalue weighted by molar-refractivity contribution is 9.10. The van der Waals surface area contributed by atoms with Crippen molar-refractivity contribution >= 4 is 15.9 Å². The largest absolute Gasteiger partial charge is 0.205 e. The normalized spacial score (nSPS) is 11.4. The quantitative estimate of drug-likeness (QED) is 0.301. The van der Waals surface area contributed by atoms with Gasteiger partial charge >= 0.3 is 0 Å². The molecule has 5 heteroatoms. The maximum absolute atomic E-state index is 4.90. The van der Waals surface area contributed by atoms with E-state index in [0.717, 1.165) is 26.7 Å². The highest BCUT2D eigenvalue weighted by Gasteiger charge is 2.41. The first kappa shape index (κ1) is 19.4. The number of nitrogens with zero attached hydrogens (tertiary/aromatic N) is 4. The molecule has 0 amide bonds. The van der Waals surface area contributed by atoms with Gasteiger partial charge in [-0.15, -0.1) is 15.0 Å². The third-order valence-corrected chi connectivity index (χ3v) is 5.86. The number of rotatable bonds is 5. The van der Waals surface area contributed by atoms with E-state index < -0.39 is 5.54 Å². The van der Waals surface area contributed by atoms with E-state index >= 15 is 0 Å². The summed E-state index contributed by atoms with van der Waals surface area (Å²) in [4.78, 5) is 1.74. The summed E-state index contributed by atoms with van der Waals surface area (Å²) in [5.41, 5.74) is 3.33. The van der Waals surface area contributed by atoms with Crippen molar-refractivity contribution in [3.63, 3.8) is 0 Å². The molecule has 0 saturated heterocycles. The molecule has 4 nitrogen and oxygen atoms in total. The van der Waals surface area contributed by atoms with Crippen molar-refractivity contribution in [2.24, 2.45) is 0 Å². The minimum Gasteiger partial charge on any atom is -0.144 e. The van der Waals surface area contributed by atoms with Crippen molar-refractivity contribution in [1.82, 2.24) is 20.2 Å². The van der Waals surface area contributed by atoms with Gasteiger partial charge in [-0.1, -0.05) is 119 Å². The fourth-order valence-electron chi connectivity index (χ4n) is 3.98. The summed E-state index contributed by atoms with van der Waals surface area (Å²) in [5.74, 6) is 0.577. The fourth-order valence-corrected chi connectivity index (χ4v) is 4.38. The molecule has 0 atom stereocenters. The predicted octanol–water partition coefficient (Wildman–Crippen LogP) is 5.94. The molecule has 1 aromatic heterocycles. The Bertz CT molecular complexity index is 1190. The van der Waals surface area contributed by atoms with Crippen LogP contribution in [0.1, 0.15) is 16.7 Å². The second kappa shape index (κ2) is 8.28. The van der Waals surface area contributed by atoms with Gasteiger partial charge in [-0.05, 0) is 34.0 Å². The van der Waals surface area contributed by atoms with E-state index in [9.17, 15) is 0 Å². The molecule has 0 bridgehead atoms. The van der Waals surface area contributed by atoms with Gasteiger partial charge in [0, 0.05) is 10.0 Å². The molecular weight excluding hydrogens is 448 g/mol. The minimum absolute atomic E-state index is 0.577. The smallest absolute Gasteiger partial charge is 0.144 e. The molecule has 0 aliphatic heterocycles. The standard InChI is InChI=1S/C26H19BrN4/c27-24-18-10-11-20(19-24)25-28-30-31(29-25)26(21-12-4-1-5-13-21,22-14-6-2-7-15-22)23-16-8-3-9-17-23/h1-19H. The Balaban J connectivity index is 1.81. The van der Waals surface area contributed by atoms with Crippen LogP contribution in [0.25, 0.3) is 11.4 Å². The van der Waals surface area contributed by atoms with Crippen molar-refractivity contribution < 1.29 is 0 Å². The Labute approximate surface area is 189 Å². The van der Waals surface area contributed by atoms with Crippen molar-refractivity contribution in [2.45, 2.75) is 5.54 Å². The Kier molecular flexibility index (Phi) is 5.18. The first-order valence-electron chi connectivity index (χ1n) is 10.0. The summed E-state index contributed by atoms with van der Waals surface area (Å²) < 4.78 is 0.974. The van der Waals surface area contributed by atoms with Crippen molar-refractivity contribution in [3.05, 3.63) is 136 Å². The monoisotopic (exact) mass is 466 g/mol. The summed E-state index contributed by atoms with van der Waals surface area (Å²) in [6, 6.07) is 38.9. The molecule has 0 radical (unpaired) electrons. The van der Waals surface area contributed by atoms with E-state index in [0.29, 0.717) is 5.82 Å². The van der Waals surface area contributed by atoms with Crippen LogP contribution < -0.4 is 0 Å². The van der Waals surface area contributed by atoms with E-state index in [1.807, 2.05) is 78.9 Å². The molecule has 5 aromatic rings. The predicted molar refractivity (Wildman–Crippen MR) is 126 cm³/mol. The van der Waals surface area contributed by atoms with Gasteiger partial charge in [-0.3, -0.25) is 0 Å². The lowest BCUT2D eigenvalue weighted by atomic mass is 9.77. The van der Waals surface area contributed by atoms with Crippen LogP contribution >= 0.6 is 15.9 Å². The molecule has 0 aliphatic rings. The zero-order chi connectivity index (χ0) is 21.1. The van der Waals surface area contributed by atoms with Crippen LogP contribution in [0, 0.1) is 0 Å². The van der Waals surface area contributed by atoms with E-state index in [-0.39, 0.29) is 0 Å². The molecule has 1 heterocycles. The summed E-state index contributed by atoms with van der Waals surface area (Å²) in [5, 5.41) is 13.9. The summed E-state index contributed by atoms with van der Waals surface area (Å²) in [6.45, 7) is 0. The van der Waals surface area contributed by atoms with Gasteiger partial charge in [0.2, 0.25) is 5.82 Å². The molecule has 31 heavy (non-hydrogen) atoms. The first-order valence-corrected chi connectivity index (χ1v) is 10.8. The second-order valence-electron chi connectivity index (χ2n) is 7.22. The molecule has 0 N–H and O–H groups in total. The van der Waals surface area contributed by atoms with Crippen LogP contribution in [0.15, 0.2) is 120 Å². The van der Waals surface area contributed by atoms with Gasteiger partial charge in [-0.25, -0.2) is 0 Å². The minimum atomic E-state index is -0.763. The molecule has 0 aliphatic carbocycles. The lowest BCUT2D eigenvalue weighted by molar-refractivity contribution is 0.396. The summed E-state index contributed by atoms with van der Waals surface area (Å²) >= 11 is 3.53. The Morgan fingerprint density at radius 2 is 1.13 bits per heavy atom. The van der Waals surface area contributed by atoms with E-state index in [1.54, 1.807) is 4.80 Å². The van der Waals surface area contributed by atoms with Crippen LogP contribution in [0.4, 0.5) is 0 Å². The van der Waals surface area contributed by atoms with Gasteiger partial charge < -0.3 is 0 Å². The highest BCUT2D eigenvalue weighted by atomic mass is 79.9. The van der Waals surface area contributed by atoms with Crippen molar-refractivity contribution in [3.8, 4) is 11.4 Å². The molecule has 0 unspecified atom stereocenters. The van der Waals surface area contributed by atoms with Crippen LogP contribution in [0.5, 0.6) is 0 Å². The van der Waals surface area contributed by atoms with Crippen molar-refractivity contribution in [1.29, 1.82) is 0 Å². The second-order valence-corrected chi connectivity index (χ2v) is 8.14. The van der Waals surface area contributed by atoms with Gasteiger partial charge in [0.05, 0.1) is 0 Å². The average molecular weight is 467 g/mol. The lowest BCUT2D eigenvalue weighted by Gasteiger charge is -2.34. The van der Waals surface area contributed by atoms with Crippen LogP contribution in [-0.2, 0) is 5.54 Å². The topological polar surface area (TPSA) is 43.6 Å². The molecule has 0 fully saturated rings. The number of tetrazole rings is 1. The Morgan fingerprint density at radius 3 is 1.61 bits per heavy atom. The van der Waals surface area contributed by atoms with Gasteiger partial charge in [0.15, 0.2) is 5.54 Å². The number of benzene rings is 4. The maximum Gasteiger partial charge on any atom is 0.205 e. The molecule has 150 valence electrons. The highest BCUT2D eigenvalue weighted by Crippen LogP contribution is 2.39. The number of aromatic nitrogens is 4. The van der Waals surface area contributed by atoms with Gasteiger partial charge in [0.25, 0.3) is 0 Å². The third-order valence-electron chi connectivity index (χ3n) is 5.37. The molecule has 5 rings (SSSR count). The maximum atomic E-state index is 4.90.